The van der Waals surface area contributed by atoms with Gasteiger partial charge in [0.1, 0.15) is 0 Å². The first-order chi connectivity index (χ1) is 8.72. The molecule has 1 atom stereocenters. The fraction of sp³-hybridized carbons (Fsp3) is 0.643. The van der Waals surface area contributed by atoms with E-state index in [4.69, 9.17) is 5.73 Å². The smallest absolute Gasteiger partial charge is 0.220 e. The Morgan fingerprint density at radius 2 is 2.17 bits per heavy atom. The molecule has 0 bridgehead atoms. The second-order valence-corrected chi connectivity index (χ2v) is 5.54. The van der Waals surface area contributed by atoms with Gasteiger partial charge in [0.15, 0.2) is 0 Å². The highest BCUT2D eigenvalue weighted by Crippen LogP contribution is 2.09. The second kappa shape index (κ2) is 9.11. The van der Waals surface area contributed by atoms with Crippen LogP contribution in [0.2, 0.25) is 0 Å². The van der Waals surface area contributed by atoms with Gasteiger partial charge >= 0.3 is 0 Å². The minimum Gasteiger partial charge on any atom is -0.353 e. The molecule has 0 aliphatic rings. The van der Waals surface area contributed by atoms with E-state index in [-0.39, 0.29) is 11.9 Å². The monoisotopic (exact) mass is 268 g/mol. The van der Waals surface area contributed by atoms with E-state index in [1.807, 2.05) is 0 Å². The number of carbonyl (C=O) groups is 1. The third kappa shape index (κ3) is 6.77. The lowest BCUT2D eigenvalue weighted by Crippen LogP contribution is -2.33. The highest BCUT2D eigenvalue weighted by atomic mass is 32.1. The summed E-state index contributed by atoms with van der Waals surface area (Å²) in [6.07, 6.45) is 5.83. The standard InChI is InChI=1S/C14H24N2OS/c1-12(10-13-7-9-18-11-13)16-14(17)6-4-2-3-5-8-15/h7,9,11-12H,2-6,8,10,15H2,1H3,(H,16,17). The topological polar surface area (TPSA) is 55.1 Å². The van der Waals surface area contributed by atoms with Gasteiger partial charge in [-0.15, -0.1) is 0 Å². The Balaban J connectivity index is 2.08. The van der Waals surface area contributed by atoms with Crippen LogP contribution in [-0.4, -0.2) is 18.5 Å². The molecule has 3 N–H and O–H groups in total. The van der Waals surface area contributed by atoms with Gasteiger partial charge in [-0.1, -0.05) is 12.8 Å². The number of nitrogens with two attached hydrogens (primary N) is 1. The predicted octanol–water partition coefficient (Wildman–Crippen LogP) is 2.70. The van der Waals surface area contributed by atoms with Crippen LogP contribution in [0.4, 0.5) is 0 Å². The summed E-state index contributed by atoms with van der Waals surface area (Å²) >= 11 is 1.70. The van der Waals surface area contributed by atoms with Crippen molar-refractivity contribution in [2.45, 2.75) is 51.5 Å². The summed E-state index contributed by atoms with van der Waals surface area (Å²) in [5.74, 6) is 0.172. The molecule has 1 unspecified atom stereocenters. The predicted molar refractivity (Wildman–Crippen MR) is 77.8 cm³/mol. The first-order valence-corrected chi connectivity index (χ1v) is 7.67. The molecule has 0 aromatic carbocycles. The minimum absolute atomic E-state index is 0.172. The van der Waals surface area contributed by atoms with Crippen molar-refractivity contribution in [2.24, 2.45) is 5.73 Å². The first-order valence-electron chi connectivity index (χ1n) is 6.73. The van der Waals surface area contributed by atoms with E-state index in [0.717, 1.165) is 38.6 Å². The first kappa shape index (κ1) is 15.2. The second-order valence-electron chi connectivity index (χ2n) is 4.76. The molecule has 0 radical (unpaired) electrons. The van der Waals surface area contributed by atoms with Gasteiger partial charge in [-0.2, -0.15) is 11.3 Å². The summed E-state index contributed by atoms with van der Waals surface area (Å²) < 4.78 is 0. The minimum atomic E-state index is 0.172. The lowest BCUT2D eigenvalue weighted by molar-refractivity contribution is -0.121. The molecule has 3 nitrogen and oxygen atoms in total. The maximum atomic E-state index is 11.7. The van der Waals surface area contributed by atoms with E-state index >= 15 is 0 Å². The van der Waals surface area contributed by atoms with Crippen molar-refractivity contribution in [2.75, 3.05) is 6.54 Å². The van der Waals surface area contributed by atoms with Crippen molar-refractivity contribution in [3.05, 3.63) is 22.4 Å². The maximum Gasteiger partial charge on any atom is 0.220 e. The van der Waals surface area contributed by atoms with Crippen LogP contribution >= 0.6 is 11.3 Å². The van der Waals surface area contributed by atoms with E-state index in [1.54, 1.807) is 11.3 Å². The van der Waals surface area contributed by atoms with Crippen LogP contribution < -0.4 is 11.1 Å². The number of hydrogen-bond donors (Lipinski definition) is 2. The third-order valence-corrected chi connectivity index (χ3v) is 3.62. The summed E-state index contributed by atoms with van der Waals surface area (Å²) in [6.45, 7) is 2.81. The fourth-order valence-corrected chi connectivity index (χ4v) is 2.63. The average molecular weight is 268 g/mol. The number of amides is 1. The van der Waals surface area contributed by atoms with E-state index in [2.05, 4.69) is 29.1 Å². The lowest BCUT2D eigenvalue weighted by atomic mass is 10.1. The van der Waals surface area contributed by atoms with Crippen LogP contribution in [0.15, 0.2) is 16.8 Å². The van der Waals surface area contributed by atoms with Crippen molar-refractivity contribution >= 4 is 17.2 Å². The van der Waals surface area contributed by atoms with Crippen LogP contribution in [0.1, 0.15) is 44.6 Å². The molecule has 18 heavy (non-hydrogen) atoms. The molecule has 4 heteroatoms. The number of nitrogens with one attached hydrogen (secondary N) is 1. The molecule has 0 saturated carbocycles. The summed E-state index contributed by atoms with van der Waals surface area (Å²) in [4.78, 5) is 11.7. The largest absolute Gasteiger partial charge is 0.353 e. The van der Waals surface area contributed by atoms with Crippen LogP contribution in [0.5, 0.6) is 0 Å². The van der Waals surface area contributed by atoms with E-state index in [1.165, 1.54) is 5.56 Å². The van der Waals surface area contributed by atoms with Gasteiger partial charge in [0.2, 0.25) is 5.91 Å². The molecule has 0 aliphatic carbocycles. The number of hydrogen-bond acceptors (Lipinski definition) is 3. The number of unbranched alkanes of at least 4 members (excludes halogenated alkanes) is 3. The van der Waals surface area contributed by atoms with Crippen molar-refractivity contribution in [3.8, 4) is 0 Å². The average Bonchev–Trinajstić information content (AvgIpc) is 2.81. The van der Waals surface area contributed by atoms with Crippen LogP contribution in [0, 0.1) is 0 Å². The van der Waals surface area contributed by atoms with Gasteiger partial charge in [-0.3, -0.25) is 4.79 Å². The molecule has 0 saturated heterocycles. The van der Waals surface area contributed by atoms with Gasteiger partial charge in [-0.05, 0) is 55.1 Å². The number of thiophene rings is 1. The quantitative estimate of drug-likeness (QED) is 0.677. The Labute approximate surface area is 114 Å². The molecule has 1 aromatic rings. The Bertz CT molecular complexity index is 325. The van der Waals surface area contributed by atoms with E-state index < -0.39 is 0 Å². The highest BCUT2D eigenvalue weighted by molar-refractivity contribution is 7.07. The summed E-state index contributed by atoms with van der Waals surface area (Å²) in [6, 6.07) is 2.33. The zero-order valence-electron chi connectivity index (χ0n) is 11.2. The molecular formula is C14H24N2OS. The van der Waals surface area contributed by atoms with E-state index in [0.29, 0.717) is 6.42 Å². The van der Waals surface area contributed by atoms with Gasteiger partial charge < -0.3 is 11.1 Å². The van der Waals surface area contributed by atoms with Gasteiger partial charge in [0, 0.05) is 12.5 Å². The maximum absolute atomic E-state index is 11.7. The fourth-order valence-electron chi connectivity index (χ4n) is 1.94. The lowest BCUT2D eigenvalue weighted by Gasteiger charge is -2.13. The van der Waals surface area contributed by atoms with Crippen molar-refractivity contribution in [3.63, 3.8) is 0 Å². The number of carbonyl (C=O) groups excluding carboxylic acids is 1. The molecule has 1 heterocycles. The van der Waals surface area contributed by atoms with Crippen LogP contribution in [0.25, 0.3) is 0 Å². The number of rotatable bonds is 9. The molecular weight excluding hydrogens is 244 g/mol. The Morgan fingerprint density at radius 3 is 2.83 bits per heavy atom. The van der Waals surface area contributed by atoms with Gasteiger partial charge in [0.25, 0.3) is 0 Å². The van der Waals surface area contributed by atoms with Crippen LogP contribution in [0.3, 0.4) is 0 Å². The van der Waals surface area contributed by atoms with Crippen molar-refractivity contribution in [1.82, 2.24) is 5.32 Å². The highest BCUT2D eigenvalue weighted by Gasteiger charge is 2.07. The molecule has 1 aromatic heterocycles. The Morgan fingerprint density at radius 1 is 1.39 bits per heavy atom. The molecule has 102 valence electrons. The molecule has 1 rings (SSSR count). The summed E-state index contributed by atoms with van der Waals surface area (Å²) in [5.41, 5.74) is 6.72. The van der Waals surface area contributed by atoms with E-state index in [9.17, 15) is 4.79 Å². The molecule has 0 fully saturated rings. The Hall–Kier alpha value is -0.870. The zero-order chi connectivity index (χ0) is 13.2. The summed E-state index contributed by atoms with van der Waals surface area (Å²) in [5, 5.41) is 7.26. The summed E-state index contributed by atoms with van der Waals surface area (Å²) in [7, 11) is 0. The molecule has 0 aliphatic heterocycles. The van der Waals surface area contributed by atoms with Gasteiger partial charge in [-0.25, -0.2) is 0 Å². The SMILES string of the molecule is CC(Cc1ccsc1)NC(=O)CCCCCCN. The third-order valence-electron chi connectivity index (χ3n) is 2.89. The van der Waals surface area contributed by atoms with Gasteiger partial charge in [0.05, 0.1) is 0 Å². The Kier molecular flexibility index (Phi) is 7.69. The van der Waals surface area contributed by atoms with Crippen molar-refractivity contribution < 1.29 is 4.79 Å². The van der Waals surface area contributed by atoms with Crippen molar-refractivity contribution in [1.29, 1.82) is 0 Å². The van der Waals surface area contributed by atoms with Crippen LogP contribution in [-0.2, 0) is 11.2 Å². The zero-order valence-corrected chi connectivity index (χ0v) is 12.0. The normalized spacial score (nSPS) is 12.3. The molecule has 1 amide bonds. The molecule has 0 spiro atoms.